The molecule has 2 rings (SSSR count). The number of hydrogen-bond donors (Lipinski definition) is 1. The van der Waals surface area contributed by atoms with Gasteiger partial charge in [-0.1, -0.05) is 37.0 Å². The van der Waals surface area contributed by atoms with E-state index in [0.717, 1.165) is 12.8 Å². The van der Waals surface area contributed by atoms with Gasteiger partial charge in [0.25, 0.3) is 5.91 Å². The van der Waals surface area contributed by atoms with Crippen molar-refractivity contribution in [3.05, 3.63) is 21.9 Å². The van der Waals surface area contributed by atoms with E-state index in [9.17, 15) is 4.79 Å². The Morgan fingerprint density at radius 2 is 2.00 bits per heavy atom. The highest BCUT2D eigenvalue weighted by atomic mass is 35.5. The highest BCUT2D eigenvalue weighted by molar-refractivity contribution is 6.41. The van der Waals surface area contributed by atoms with Crippen molar-refractivity contribution in [3.63, 3.8) is 0 Å². The minimum atomic E-state index is -0.00694. The average molecular weight is 289 g/mol. The quantitative estimate of drug-likeness (QED) is 0.894. The molecule has 1 aliphatic rings. The second kappa shape index (κ2) is 5.14. The number of aromatic amines is 1. The third-order valence-corrected chi connectivity index (χ3v) is 4.23. The number of halogens is 2. The molecule has 100 valence electrons. The van der Waals surface area contributed by atoms with E-state index < -0.39 is 0 Å². The van der Waals surface area contributed by atoms with Crippen LogP contribution in [-0.4, -0.2) is 27.9 Å². The van der Waals surface area contributed by atoms with Gasteiger partial charge < -0.3 is 9.88 Å². The summed E-state index contributed by atoms with van der Waals surface area (Å²) in [6.07, 6.45) is 2.18. The van der Waals surface area contributed by atoms with Gasteiger partial charge in [0, 0.05) is 12.1 Å². The summed E-state index contributed by atoms with van der Waals surface area (Å²) in [4.78, 5) is 17.3. The highest BCUT2D eigenvalue weighted by Gasteiger charge is 2.37. The Labute approximate surface area is 117 Å². The Morgan fingerprint density at radius 1 is 1.39 bits per heavy atom. The van der Waals surface area contributed by atoms with Crippen LogP contribution < -0.4 is 0 Å². The fourth-order valence-corrected chi connectivity index (χ4v) is 2.33. The first kappa shape index (κ1) is 13.8. The van der Waals surface area contributed by atoms with E-state index >= 15 is 0 Å². The molecule has 0 aliphatic heterocycles. The molecule has 1 unspecified atom stereocenters. The van der Waals surface area contributed by atoms with Crippen molar-refractivity contribution in [1.29, 1.82) is 0 Å². The number of carbonyl (C=O) groups is 1. The van der Waals surface area contributed by atoms with Gasteiger partial charge in [-0.15, -0.1) is 0 Å². The second-order valence-corrected chi connectivity index (χ2v) is 6.06. The fourth-order valence-electron chi connectivity index (χ4n) is 2.02. The Bertz CT molecular complexity index is 432. The number of carbonyl (C=O) groups excluding carboxylic acids is 1. The van der Waals surface area contributed by atoms with Crippen LogP contribution in [0.25, 0.3) is 0 Å². The first-order valence-electron chi connectivity index (χ1n) is 6.28. The lowest BCUT2D eigenvalue weighted by molar-refractivity contribution is 0.0622. The molecule has 0 spiro atoms. The van der Waals surface area contributed by atoms with Crippen molar-refractivity contribution < 1.29 is 4.79 Å². The molecular weight excluding hydrogens is 271 g/mol. The monoisotopic (exact) mass is 288 g/mol. The Hall–Kier alpha value is -0.670. The van der Waals surface area contributed by atoms with Crippen molar-refractivity contribution >= 4 is 29.1 Å². The summed E-state index contributed by atoms with van der Waals surface area (Å²) in [6.45, 7) is 6.34. The lowest BCUT2D eigenvalue weighted by Crippen LogP contribution is -2.43. The number of aromatic nitrogens is 1. The molecule has 0 bridgehead atoms. The Morgan fingerprint density at radius 3 is 2.39 bits per heavy atom. The van der Waals surface area contributed by atoms with Crippen LogP contribution >= 0.6 is 23.2 Å². The Kier molecular flexibility index (Phi) is 3.93. The van der Waals surface area contributed by atoms with Gasteiger partial charge in [0.05, 0.1) is 5.02 Å². The van der Waals surface area contributed by atoms with E-state index in [-0.39, 0.29) is 11.9 Å². The van der Waals surface area contributed by atoms with Gasteiger partial charge in [-0.05, 0) is 31.7 Å². The molecule has 1 N–H and O–H groups in total. The van der Waals surface area contributed by atoms with Gasteiger partial charge >= 0.3 is 0 Å². The molecule has 1 aromatic heterocycles. The molecule has 18 heavy (non-hydrogen) atoms. The first-order chi connectivity index (χ1) is 8.41. The summed E-state index contributed by atoms with van der Waals surface area (Å²) in [6, 6.07) is 2.19. The van der Waals surface area contributed by atoms with Gasteiger partial charge in [-0.3, -0.25) is 4.79 Å². The van der Waals surface area contributed by atoms with E-state index in [1.807, 2.05) is 4.90 Å². The van der Waals surface area contributed by atoms with Gasteiger partial charge in [-0.2, -0.15) is 0 Å². The maximum atomic E-state index is 12.5. The minimum Gasteiger partial charge on any atom is -0.340 e. The molecule has 1 amide bonds. The maximum Gasteiger partial charge on any atom is 0.270 e. The Balaban J connectivity index is 2.23. The molecule has 1 aromatic rings. The molecule has 0 aromatic carbocycles. The summed E-state index contributed by atoms with van der Waals surface area (Å²) >= 11 is 11.7. The van der Waals surface area contributed by atoms with Crippen molar-refractivity contribution in [1.82, 2.24) is 9.88 Å². The van der Waals surface area contributed by atoms with Crippen LogP contribution in [0.15, 0.2) is 6.07 Å². The average Bonchev–Trinajstić information content (AvgIpc) is 3.06. The molecule has 1 saturated carbocycles. The molecule has 3 nitrogen and oxygen atoms in total. The summed E-state index contributed by atoms with van der Waals surface area (Å²) in [5.74, 6) is 0.419. The van der Waals surface area contributed by atoms with E-state index in [2.05, 4.69) is 25.8 Å². The van der Waals surface area contributed by atoms with E-state index in [0.29, 0.717) is 27.8 Å². The van der Waals surface area contributed by atoms with Gasteiger partial charge in [0.15, 0.2) is 0 Å². The largest absolute Gasteiger partial charge is 0.340 e. The molecule has 1 atom stereocenters. The molecule has 1 fully saturated rings. The summed E-state index contributed by atoms with van der Waals surface area (Å²) in [5.41, 5.74) is 0.476. The van der Waals surface area contributed by atoms with Crippen molar-refractivity contribution in [2.24, 2.45) is 5.92 Å². The van der Waals surface area contributed by atoms with Crippen LogP contribution in [-0.2, 0) is 0 Å². The molecular formula is C13H18Cl2N2O. The molecule has 1 heterocycles. The standard InChI is InChI=1S/C13H18Cl2N2O/c1-7(2)8(3)17(9-4-5-9)13(18)11-6-10(14)12(15)16-11/h6-9,16H,4-5H2,1-3H3. The zero-order valence-electron chi connectivity index (χ0n) is 10.8. The zero-order chi connectivity index (χ0) is 13.4. The van der Waals surface area contributed by atoms with Crippen LogP contribution in [0.4, 0.5) is 0 Å². The number of H-pyrrole nitrogens is 1. The zero-order valence-corrected chi connectivity index (χ0v) is 12.3. The third-order valence-electron chi connectivity index (χ3n) is 3.53. The van der Waals surface area contributed by atoms with Crippen LogP contribution in [0.2, 0.25) is 10.2 Å². The van der Waals surface area contributed by atoms with Crippen LogP contribution in [0.1, 0.15) is 44.1 Å². The van der Waals surface area contributed by atoms with Crippen molar-refractivity contribution in [3.8, 4) is 0 Å². The van der Waals surface area contributed by atoms with E-state index in [4.69, 9.17) is 23.2 Å². The van der Waals surface area contributed by atoms with Crippen LogP contribution in [0, 0.1) is 5.92 Å². The van der Waals surface area contributed by atoms with Crippen molar-refractivity contribution in [2.45, 2.75) is 45.7 Å². The van der Waals surface area contributed by atoms with E-state index in [1.54, 1.807) is 6.07 Å². The number of amides is 1. The smallest absolute Gasteiger partial charge is 0.270 e. The second-order valence-electron chi connectivity index (χ2n) is 5.27. The topological polar surface area (TPSA) is 36.1 Å². The fraction of sp³-hybridized carbons (Fsp3) is 0.615. The van der Waals surface area contributed by atoms with Crippen LogP contribution in [0.5, 0.6) is 0 Å². The normalized spacial score (nSPS) is 17.0. The van der Waals surface area contributed by atoms with Gasteiger partial charge in [0.2, 0.25) is 0 Å². The SMILES string of the molecule is CC(C)C(C)N(C(=O)c1cc(Cl)c(Cl)[nH]1)C1CC1. The lowest BCUT2D eigenvalue weighted by atomic mass is 10.0. The highest BCUT2D eigenvalue weighted by Crippen LogP contribution is 2.33. The summed E-state index contributed by atoms with van der Waals surface area (Å²) in [5, 5.41) is 0.723. The third kappa shape index (κ3) is 2.67. The molecule has 0 saturated heterocycles. The predicted molar refractivity (Wildman–Crippen MR) is 74.3 cm³/mol. The van der Waals surface area contributed by atoms with Crippen LogP contribution in [0.3, 0.4) is 0 Å². The summed E-state index contributed by atoms with van der Waals surface area (Å²) in [7, 11) is 0. The molecule has 1 aliphatic carbocycles. The van der Waals surface area contributed by atoms with Gasteiger partial charge in [0.1, 0.15) is 10.8 Å². The number of hydrogen-bond acceptors (Lipinski definition) is 1. The number of rotatable bonds is 4. The predicted octanol–water partition coefficient (Wildman–Crippen LogP) is 3.97. The number of nitrogens with one attached hydrogen (secondary N) is 1. The van der Waals surface area contributed by atoms with Gasteiger partial charge in [-0.25, -0.2) is 0 Å². The maximum absolute atomic E-state index is 12.5. The number of nitrogens with zero attached hydrogens (tertiary/aromatic N) is 1. The molecule has 0 radical (unpaired) electrons. The molecule has 5 heteroatoms. The first-order valence-corrected chi connectivity index (χ1v) is 7.04. The van der Waals surface area contributed by atoms with E-state index in [1.165, 1.54) is 0 Å². The minimum absolute atomic E-state index is 0.00694. The summed E-state index contributed by atoms with van der Waals surface area (Å²) < 4.78 is 0. The lowest BCUT2D eigenvalue weighted by Gasteiger charge is -2.31. The van der Waals surface area contributed by atoms with Crippen molar-refractivity contribution in [2.75, 3.05) is 0 Å².